The number of ether oxygens (including phenoxy) is 1. The molecule has 1 aliphatic heterocycles. The van der Waals surface area contributed by atoms with Gasteiger partial charge in [0.2, 0.25) is 0 Å². The van der Waals surface area contributed by atoms with E-state index in [1.54, 1.807) is 7.11 Å². The lowest BCUT2D eigenvalue weighted by Crippen LogP contribution is -2.19. The molecule has 0 bridgehead atoms. The molecule has 0 amide bonds. The summed E-state index contributed by atoms with van der Waals surface area (Å²) in [6.45, 7) is 4.19. The van der Waals surface area contributed by atoms with Crippen LogP contribution >= 0.6 is 0 Å². The van der Waals surface area contributed by atoms with Crippen LogP contribution in [0.25, 0.3) is 0 Å². The highest BCUT2D eigenvalue weighted by Gasteiger charge is 2.21. The predicted octanol–water partition coefficient (Wildman–Crippen LogP) is 1.13. The topological polar surface area (TPSA) is 12.5 Å². The molecule has 2 unspecified atom stereocenters. The first kappa shape index (κ1) is 8.02. The summed E-state index contributed by atoms with van der Waals surface area (Å²) in [7, 11) is 5.69. The Morgan fingerprint density at radius 3 is 2.80 bits per heavy atom. The maximum Gasteiger partial charge on any atom is 0.0502 e. The molecule has 2 nitrogen and oxygen atoms in total. The van der Waals surface area contributed by atoms with E-state index >= 15 is 0 Å². The largest absolute Gasteiger partial charge is 0.457 e. The van der Waals surface area contributed by atoms with Gasteiger partial charge in [-0.05, 0) is 24.9 Å². The summed E-state index contributed by atoms with van der Waals surface area (Å²) in [4.78, 5) is 2.14. The van der Waals surface area contributed by atoms with E-state index < -0.39 is 0 Å². The Hall–Kier alpha value is -0.0800. The van der Waals surface area contributed by atoms with Gasteiger partial charge in [-0.1, -0.05) is 6.92 Å². The average molecular weight is 142 g/mol. The van der Waals surface area contributed by atoms with Gasteiger partial charge in [-0.2, -0.15) is 0 Å². The molecular weight excluding hydrogens is 126 g/mol. The molecule has 1 fully saturated rings. The molecule has 0 radical (unpaired) electrons. The summed E-state index contributed by atoms with van der Waals surface area (Å²) in [6.07, 6.45) is 1.23. The van der Waals surface area contributed by atoms with Crippen molar-refractivity contribution in [1.82, 2.24) is 4.90 Å². The van der Waals surface area contributed by atoms with Gasteiger partial charge in [-0.3, -0.25) is 7.05 Å². The Kier molecular flexibility index (Phi) is 2.69. The first-order valence-electron chi connectivity index (χ1n) is 3.80. The third-order valence-corrected chi connectivity index (χ3v) is 2.19. The van der Waals surface area contributed by atoms with Gasteiger partial charge in [-0.25, -0.2) is 0 Å². The zero-order valence-corrected chi connectivity index (χ0v) is 6.84. The van der Waals surface area contributed by atoms with E-state index in [4.69, 9.17) is 4.74 Å². The molecule has 1 saturated heterocycles. The van der Waals surface area contributed by atoms with Crippen molar-refractivity contribution in [3.63, 3.8) is 0 Å². The average Bonchev–Trinajstić information content (AvgIpc) is 2.14. The van der Waals surface area contributed by atoms with Gasteiger partial charge >= 0.3 is 0 Å². The van der Waals surface area contributed by atoms with Gasteiger partial charge < -0.3 is 9.64 Å². The molecule has 0 aromatic rings. The molecular formula is C8H16NO-. The van der Waals surface area contributed by atoms with E-state index in [0.29, 0.717) is 12.0 Å². The predicted molar refractivity (Wildman–Crippen MR) is 41.5 cm³/mol. The summed E-state index contributed by atoms with van der Waals surface area (Å²) in [5.74, 6) is 0.706. The highest BCUT2D eigenvalue weighted by Crippen LogP contribution is 2.21. The number of likely N-dealkylation sites (tertiary alicyclic amines) is 1. The molecule has 0 aromatic heterocycles. The Morgan fingerprint density at radius 2 is 2.40 bits per heavy atom. The van der Waals surface area contributed by atoms with Crippen molar-refractivity contribution in [3.8, 4) is 0 Å². The van der Waals surface area contributed by atoms with Crippen LogP contribution in [-0.4, -0.2) is 31.2 Å². The summed E-state index contributed by atoms with van der Waals surface area (Å²) < 4.78 is 5.07. The van der Waals surface area contributed by atoms with Crippen LogP contribution in [0.3, 0.4) is 0 Å². The fraction of sp³-hybridized carbons (Fsp3) is 0.875. The van der Waals surface area contributed by atoms with E-state index in [0.717, 1.165) is 13.2 Å². The van der Waals surface area contributed by atoms with Crippen LogP contribution < -0.4 is 0 Å². The van der Waals surface area contributed by atoms with E-state index in [9.17, 15) is 0 Å². The van der Waals surface area contributed by atoms with Gasteiger partial charge in [0.1, 0.15) is 0 Å². The van der Waals surface area contributed by atoms with Crippen molar-refractivity contribution < 1.29 is 4.74 Å². The van der Waals surface area contributed by atoms with Crippen LogP contribution in [0.2, 0.25) is 0 Å². The van der Waals surface area contributed by atoms with Crippen molar-refractivity contribution in [2.24, 2.45) is 5.92 Å². The number of rotatable bonds is 2. The molecule has 0 aromatic carbocycles. The van der Waals surface area contributed by atoms with Crippen LogP contribution in [-0.2, 0) is 4.74 Å². The second-order valence-electron chi connectivity index (χ2n) is 3.18. The minimum Gasteiger partial charge on any atom is -0.457 e. The second-order valence-corrected chi connectivity index (χ2v) is 3.18. The van der Waals surface area contributed by atoms with Crippen LogP contribution in [0.15, 0.2) is 0 Å². The van der Waals surface area contributed by atoms with Crippen molar-refractivity contribution in [1.29, 1.82) is 0 Å². The van der Waals surface area contributed by atoms with Gasteiger partial charge in [0.15, 0.2) is 0 Å². The van der Waals surface area contributed by atoms with E-state index in [2.05, 4.69) is 18.9 Å². The van der Waals surface area contributed by atoms with Crippen LogP contribution in [0.5, 0.6) is 0 Å². The Bertz CT molecular complexity index is 95.4. The van der Waals surface area contributed by atoms with Crippen LogP contribution in [0, 0.1) is 13.0 Å². The first-order valence-corrected chi connectivity index (χ1v) is 3.80. The highest BCUT2D eigenvalue weighted by atomic mass is 16.5. The minimum absolute atomic E-state index is 0.639. The van der Waals surface area contributed by atoms with Gasteiger partial charge in [-0.15, -0.1) is 0 Å². The van der Waals surface area contributed by atoms with Crippen molar-refractivity contribution in [3.05, 3.63) is 7.05 Å². The van der Waals surface area contributed by atoms with Crippen molar-refractivity contribution in [2.45, 2.75) is 19.4 Å². The summed E-state index contributed by atoms with van der Waals surface area (Å²) in [5.41, 5.74) is 0. The first-order chi connectivity index (χ1) is 4.74. The molecule has 1 aliphatic rings. The zero-order chi connectivity index (χ0) is 7.56. The minimum atomic E-state index is 0.639. The Labute approximate surface area is 63.2 Å². The molecule has 1 heterocycles. The number of methoxy groups -OCH3 is 1. The molecule has 0 N–H and O–H groups in total. The van der Waals surface area contributed by atoms with Crippen LogP contribution in [0.1, 0.15) is 13.3 Å². The zero-order valence-electron chi connectivity index (χ0n) is 6.84. The van der Waals surface area contributed by atoms with Gasteiger partial charge in [0.05, 0.1) is 6.61 Å². The third-order valence-electron chi connectivity index (χ3n) is 2.19. The summed E-state index contributed by atoms with van der Waals surface area (Å²) >= 11 is 0. The van der Waals surface area contributed by atoms with Gasteiger partial charge in [0.25, 0.3) is 0 Å². The molecule has 0 saturated carbocycles. The molecule has 2 atom stereocenters. The lowest BCUT2D eigenvalue weighted by atomic mass is 10.1. The smallest absolute Gasteiger partial charge is 0.0502 e. The fourth-order valence-electron chi connectivity index (χ4n) is 1.57. The standard InChI is InChI=1S/C8H16NO/c1-7-4-8(6-10-3)5-9(7)2/h7-8H,2,4-6H2,1,3H3/q-1. The highest BCUT2D eigenvalue weighted by molar-refractivity contribution is 4.81. The SMILES string of the molecule is [CH2-]N1CC(COC)CC1C. The lowest BCUT2D eigenvalue weighted by Gasteiger charge is -2.22. The fourth-order valence-corrected chi connectivity index (χ4v) is 1.57. The normalized spacial score (nSPS) is 35.1. The molecule has 0 spiro atoms. The molecule has 1 rings (SSSR count). The summed E-state index contributed by atoms with van der Waals surface area (Å²) in [5, 5.41) is 0. The second kappa shape index (κ2) is 3.35. The van der Waals surface area contributed by atoms with Crippen molar-refractivity contribution in [2.75, 3.05) is 20.3 Å². The summed E-state index contributed by atoms with van der Waals surface area (Å²) in [6, 6.07) is 0.639. The Morgan fingerprint density at radius 1 is 1.70 bits per heavy atom. The van der Waals surface area contributed by atoms with Crippen molar-refractivity contribution >= 4 is 0 Å². The maximum absolute atomic E-state index is 5.07. The Balaban J connectivity index is 2.27. The molecule has 10 heavy (non-hydrogen) atoms. The monoisotopic (exact) mass is 142 g/mol. The molecule has 2 heteroatoms. The maximum atomic E-state index is 5.07. The number of hydrogen-bond acceptors (Lipinski definition) is 2. The lowest BCUT2D eigenvalue weighted by molar-refractivity contribution is 0.156. The van der Waals surface area contributed by atoms with Crippen LogP contribution in [0.4, 0.5) is 0 Å². The van der Waals surface area contributed by atoms with E-state index in [-0.39, 0.29) is 0 Å². The quantitative estimate of drug-likeness (QED) is 0.536. The molecule has 0 aliphatic carbocycles. The number of nitrogens with zero attached hydrogens (tertiary/aromatic N) is 1. The number of hydrogen-bond donors (Lipinski definition) is 0. The van der Waals surface area contributed by atoms with Gasteiger partial charge in [0, 0.05) is 7.11 Å². The molecule has 60 valence electrons. The van der Waals surface area contributed by atoms with E-state index in [1.165, 1.54) is 6.42 Å². The third kappa shape index (κ3) is 1.70. The van der Waals surface area contributed by atoms with E-state index in [1.807, 2.05) is 0 Å².